The quantitative estimate of drug-likeness (QED) is 0.534. The van der Waals surface area contributed by atoms with Gasteiger partial charge in [-0.25, -0.2) is 4.79 Å². The van der Waals surface area contributed by atoms with Crippen molar-refractivity contribution >= 4 is 18.8 Å². The van der Waals surface area contributed by atoms with Gasteiger partial charge < -0.3 is 4.74 Å². The Morgan fingerprint density at radius 2 is 1.83 bits per heavy atom. The molecular formula is C13H15NO4. The second-order valence-corrected chi connectivity index (χ2v) is 3.74. The Balaban J connectivity index is 2.46. The van der Waals surface area contributed by atoms with Crippen molar-refractivity contribution in [1.82, 2.24) is 4.90 Å². The van der Waals surface area contributed by atoms with E-state index in [0.29, 0.717) is 31.3 Å². The lowest BCUT2D eigenvalue weighted by Crippen LogP contribution is -2.21. The van der Waals surface area contributed by atoms with Gasteiger partial charge in [0.2, 0.25) is 12.8 Å². The number of carbonyl (C=O) groups excluding carboxylic acids is 3. The largest absolute Gasteiger partial charge is 0.465 e. The molecule has 0 aliphatic carbocycles. The first-order chi connectivity index (χ1) is 8.71. The van der Waals surface area contributed by atoms with Gasteiger partial charge in [0.15, 0.2) is 0 Å². The summed E-state index contributed by atoms with van der Waals surface area (Å²) >= 11 is 0. The number of rotatable bonds is 7. The molecule has 0 heterocycles. The van der Waals surface area contributed by atoms with Crippen LogP contribution in [0.4, 0.5) is 0 Å². The van der Waals surface area contributed by atoms with Crippen molar-refractivity contribution in [1.29, 1.82) is 0 Å². The molecular weight excluding hydrogens is 234 g/mol. The van der Waals surface area contributed by atoms with Crippen LogP contribution in [-0.4, -0.2) is 37.3 Å². The second kappa shape index (κ2) is 7.21. The van der Waals surface area contributed by atoms with E-state index in [1.165, 1.54) is 7.11 Å². The van der Waals surface area contributed by atoms with E-state index in [0.717, 1.165) is 16.9 Å². The predicted molar refractivity (Wildman–Crippen MR) is 64.9 cm³/mol. The molecule has 0 aliphatic heterocycles. The number of nitrogens with zero attached hydrogens (tertiary/aromatic N) is 1. The maximum absolute atomic E-state index is 11.2. The van der Waals surface area contributed by atoms with Gasteiger partial charge in [0.05, 0.1) is 12.7 Å². The van der Waals surface area contributed by atoms with Crippen molar-refractivity contribution in [2.24, 2.45) is 0 Å². The molecule has 1 aromatic rings. The monoisotopic (exact) mass is 249 g/mol. The molecule has 0 spiro atoms. The minimum Gasteiger partial charge on any atom is -0.465 e. The lowest BCUT2D eigenvalue weighted by molar-refractivity contribution is -0.129. The number of benzene rings is 1. The van der Waals surface area contributed by atoms with Crippen LogP contribution in [0, 0.1) is 0 Å². The molecule has 5 heteroatoms. The van der Waals surface area contributed by atoms with Crippen LogP contribution < -0.4 is 0 Å². The zero-order chi connectivity index (χ0) is 13.4. The topological polar surface area (TPSA) is 63.7 Å². The maximum Gasteiger partial charge on any atom is 0.337 e. The minimum absolute atomic E-state index is 0.366. The lowest BCUT2D eigenvalue weighted by atomic mass is 10.1. The molecule has 0 fully saturated rings. The summed E-state index contributed by atoms with van der Waals surface area (Å²) < 4.78 is 4.59. The number of amides is 2. The number of imide groups is 1. The van der Waals surface area contributed by atoms with Gasteiger partial charge in [-0.1, -0.05) is 12.1 Å². The van der Waals surface area contributed by atoms with Gasteiger partial charge in [-0.2, -0.15) is 0 Å². The fraction of sp³-hybridized carbons (Fsp3) is 0.308. The van der Waals surface area contributed by atoms with Crippen LogP contribution in [0.2, 0.25) is 0 Å². The molecule has 18 heavy (non-hydrogen) atoms. The van der Waals surface area contributed by atoms with E-state index in [4.69, 9.17) is 0 Å². The van der Waals surface area contributed by atoms with Gasteiger partial charge in [-0.3, -0.25) is 14.5 Å². The fourth-order valence-corrected chi connectivity index (χ4v) is 1.52. The molecule has 0 bridgehead atoms. The van der Waals surface area contributed by atoms with Crippen molar-refractivity contribution in [2.45, 2.75) is 12.8 Å². The molecule has 0 aromatic heterocycles. The summed E-state index contributed by atoms with van der Waals surface area (Å²) in [4.78, 5) is 33.0. The van der Waals surface area contributed by atoms with Crippen molar-refractivity contribution < 1.29 is 19.1 Å². The van der Waals surface area contributed by atoms with Crippen molar-refractivity contribution in [3.05, 3.63) is 35.4 Å². The summed E-state index contributed by atoms with van der Waals surface area (Å²) in [5.74, 6) is -0.366. The maximum atomic E-state index is 11.2. The molecule has 2 amide bonds. The summed E-state index contributed by atoms with van der Waals surface area (Å²) in [7, 11) is 1.34. The van der Waals surface area contributed by atoms with Crippen LogP contribution in [0.3, 0.4) is 0 Å². The predicted octanol–water partition coefficient (Wildman–Crippen LogP) is 1.02. The fourth-order valence-electron chi connectivity index (χ4n) is 1.52. The van der Waals surface area contributed by atoms with E-state index < -0.39 is 0 Å². The average Bonchev–Trinajstić information content (AvgIpc) is 2.43. The molecule has 0 radical (unpaired) electrons. The first-order valence-electron chi connectivity index (χ1n) is 5.55. The van der Waals surface area contributed by atoms with Gasteiger partial charge in [0.1, 0.15) is 0 Å². The molecule has 1 aromatic carbocycles. The van der Waals surface area contributed by atoms with Crippen LogP contribution in [0.25, 0.3) is 0 Å². The molecule has 0 saturated carbocycles. The third kappa shape index (κ3) is 4.01. The zero-order valence-electron chi connectivity index (χ0n) is 10.2. The molecule has 0 N–H and O–H groups in total. The normalized spacial score (nSPS) is 9.61. The molecule has 0 aliphatic rings. The van der Waals surface area contributed by atoms with E-state index >= 15 is 0 Å². The number of esters is 1. The number of aryl methyl sites for hydroxylation is 1. The van der Waals surface area contributed by atoms with Gasteiger partial charge in [0, 0.05) is 6.54 Å². The SMILES string of the molecule is COC(=O)c1ccc(CCCN(C=O)C=O)cc1. The molecule has 0 unspecified atom stereocenters. The lowest BCUT2D eigenvalue weighted by Gasteiger charge is -2.08. The van der Waals surface area contributed by atoms with Crippen molar-refractivity contribution in [2.75, 3.05) is 13.7 Å². The molecule has 96 valence electrons. The van der Waals surface area contributed by atoms with E-state index in [1.54, 1.807) is 12.1 Å². The van der Waals surface area contributed by atoms with Crippen molar-refractivity contribution in [3.8, 4) is 0 Å². The van der Waals surface area contributed by atoms with Crippen LogP contribution in [0.5, 0.6) is 0 Å². The average molecular weight is 249 g/mol. The van der Waals surface area contributed by atoms with Crippen LogP contribution in [-0.2, 0) is 20.7 Å². The molecule has 1 rings (SSSR count). The number of hydrogen-bond donors (Lipinski definition) is 0. The standard InChI is InChI=1S/C13H15NO4/c1-18-13(17)12-6-4-11(5-7-12)3-2-8-14(9-15)10-16/h4-7,9-10H,2-3,8H2,1H3. The van der Waals surface area contributed by atoms with Crippen LogP contribution in [0.1, 0.15) is 22.3 Å². The highest BCUT2D eigenvalue weighted by Crippen LogP contribution is 2.08. The molecule has 0 saturated heterocycles. The van der Waals surface area contributed by atoms with Gasteiger partial charge in [0.25, 0.3) is 0 Å². The van der Waals surface area contributed by atoms with Crippen LogP contribution >= 0.6 is 0 Å². The highest BCUT2D eigenvalue weighted by molar-refractivity contribution is 5.89. The number of carbonyl (C=O) groups is 3. The summed E-state index contributed by atoms with van der Waals surface area (Å²) in [5, 5.41) is 0. The van der Waals surface area contributed by atoms with Crippen LogP contribution in [0.15, 0.2) is 24.3 Å². The van der Waals surface area contributed by atoms with E-state index in [9.17, 15) is 14.4 Å². The summed E-state index contributed by atoms with van der Waals surface area (Å²) in [5.41, 5.74) is 1.54. The highest BCUT2D eigenvalue weighted by Gasteiger charge is 2.04. The summed E-state index contributed by atoms with van der Waals surface area (Å²) in [6.07, 6.45) is 2.44. The highest BCUT2D eigenvalue weighted by atomic mass is 16.5. The third-order valence-corrected chi connectivity index (χ3v) is 2.53. The van der Waals surface area contributed by atoms with Crippen molar-refractivity contribution in [3.63, 3.8) is 0 Å². The third-order valence-electron chi connectivity index (χ3n) is 2.53. The number of ether oxygens (including phenoxy) is 1. The first kappa shape index (κ1) is 13.9. The molecule has 5 nitrogen and oxygen atoms in total. The molecule has 0 atom stereocenters. The summed E-state index contributed by atoms with van der Waals surface area (Å²) in [6.45, 7) is 0.395. The second-order valence-electron chi connectivity index (χ2n) is 3.74. The first-order valence-corrected chi connectivity index (χ1v) is 5.55. The summed E-state index contributed by atoms with van der Waals surface area (Å²) in [6, 6.07) is 7.05. The Bertz CT molecular complexity index is 406. The smallest absolute Gasteiger partial charge is 0.337 e. The van der Waals surface area contributed by atoms with Gasteiger partial charge in [-0.15, -0.1) is 0 Å². The minimum atomic E-state index is -0.366. The Morgan fingerprint density at radius 3 is 2.33 bits per heavy atom. The van der Waals surface area contributed by atoms with Gasteiger partial charge in [-0.05, 0) is 30.5 Å². The Morgan fingerprint density at radius 1 is 1.22 bits per heavy atom. The van der Waals surface area contributed by atoms with E-state index in [2.05, 4.69) is 4.74 Å². The Kier molecular flexibility index (Phi) is 5.57. The van der Waals surface area contributed by atoms with E-state index in [-0.39, 0.29) is 5.97 Å². The van der Waals surface area contributed by atoms with Gasteiger partial charge >= 0.3 is 5.97 Å². The number of methoxy groups -OCH3 is 1. The Hall–Kier alpha value is -2.17. The zero-order valence-corrected chi connectivity index (χ0v) is 10.2. The number of hydrogen-bond acceptors (Lipinski definition) is 4. The Labute approximate surface area is 105 Å². The van der Waals surface area contributed by atoms with E-state index in [1.807, 2.05) is 12.1 Å².